The van der Waals surface area contributed by atoms with Crippen molar-refractivity contribution in [3.05, 3.63) is 48.0 Å². The average molecular weight is 356 g/mol. The van der Waals surface area contributed by atoms with Gasteiger partial charge in [-0.05, 0) is 21.9 Å². The summed E-state index contributed by atoms with van der Waals surface area (Å²) in [6.07, 6.45) is 0. The Bertz CT molecular complexity index is 999. The van der Waals surface area contributed by atoms with Gasteiger partial charge in [0, 0.05) is 19.0 Å². The van der Waals surface area contributed by atoms with E-state index < -0.39 is 10.0 Å². The number of nitrogens with two attached hydrogens (primary N) is 1. The van der Waals surface area contributed by atoms with Crippen LogP contribution in [0.3, 0.4) is 0 Å². The predicted octanol–water partition coefficient (Wildman–Crippen LogP) is 0.868. The highest BCUT2D eigenvalue weighted by atomic mass is 32.2. The summed E-state index contributed by atoms with van der Waals surface area (Å²) in [6, 6.07) is 13.2. The fourth-order valence-corrected chi connectivity index (χ4v) is 4.13. The molecule has 1 saturated heterocycles. The molecule has 1 aromatic heterocycles. The van der Waals surface area contributed by atoms with Crippen LogP contribution in [0.5, 0.6) is 0 Å². The summed E-state index contributed by atoms with van der Waals surface area (Å²) in [5.74, 6) is 0.292. The SMILES string of the molecule is NS(=O)(=O)c1c(C2CNC2)ccc(-c2ccccc2)c1-c1nn[nH]n1. The van der Waals surface area contributed by atoms with Crippen molar-refractivity contribution in [2.45, 2.75) is 10.8 Å². The largest absolute Gasteiger partial charge is 0.315 e. The molecule has 2 heterocycles. The Morgan fingerprint density at radius 1 is 1.08 bits per heavy atom. The second-order valence-corrected chi connectivity index (χ2v) is 7.41. The lowest BCUT2D eigenvalue weighted by Crippen LogP contribution is -2.40. The molecule has 2 aromatic carbocycles. The second kappa shape index (κ2) is 6.03. The number of benzene rings is 2. The highest BCUT2D eigenvalue weighted by Gasteiger charge is 2.31. The highest BCUT2D eigenvalue weighted by molar-refractivity contribution is 7.89. The molecule has 128 valence electrons. The molecular weight excluding hydrogens is 340 g/mol. The third-order valence-electron chi connectivity index (χ3n) is 4.35. The van der Waals surface area contributed by atoms with Gasteiger partial charge < -0.3 is 5.32 Å². The molecule has 1 aliphatic heterocycles. The lowest BCUT2D eigenvalue weighted by atomic mass is 9.89. The quantitative estimate of drug-likeness (QED) is 0.636. The van der Waals surface area contributed by atoms with Gasteiger partial charge in [-0.1, -0.05) is 42.5 Å². The lowest BCUT2D eigenvalue weighted by molar-refractivity contribution is 0.442. The molecule has 4 rings (SSSR count). The number of hydrogen-bond donors (Lipinski definition) is 3. The van der Waals surface area contributed by atoms with Gasteiger partial charge in [0.15, 0.2) is 0 Å². The molecule has 0 spiro atoms. The molecule has 1 fully saturated rings. The van der Waals surface area contributed by atoms with Crippen LogP contribution in [0.1, 0.15) is 11.5 Å². The van der Waals surface area contributed by atoms with E-state index in [1.807, 2.05) is 42.5 Å². The molecule has 0 aliphatic carbocycles. The molecule has 25 heavy (non-hydrogen) atoms. The molecule has 9 heteroatoms. The van der Waals surface area contributed by atoms with Crippen LogP contribution in [0.4, 0.5) is 0 Å². The van der Waals surface area contributed by atoms with E-state index in [1.165, 1.54) is 0 Å². The number of tetrazole rings is 1. The van der Waals surface area contributed by atoms with Gasteiger partial charge in [0.1, 0.15) is 0 Å². The number of primary sulfonamides is 1. The van der Waals surface area contributed by atoms with Gasteiger partial charge >= 0.3 is 0 Å². The molecule has 8 nitrogen and oxygen atoms in total. The third-order valence-corrected chi connectivity index (χ3v) is 5.36. The summed E-state index contributed by atoms with van der Waals surface area (Å²) in [6.45, 7) is 1.41. The van der Waals surface area contributed by atoms with E-state index in [4.69, 9.17) is 5.14 Å². The maximum Gasteiger partial charge on any atom is 0.239 e. The molecule has 3 aromatic rings. The number of rotatable bonds is 4. The fourth-order valence-electron chi connectivity index (χ4n) is 3.08. The summed E-state index contributed by atoms with van der Waals surface area (Å²) >= 11 is 0. The zero-order chi connectivity index (χ0) is 17.4. The maximum atomic E-state index is 12.5. The molecule has 1 aliphatic rings. The molecule has 0 atom stereocenters. The summed E-state index contributed by atoms with van der Waals surface area (Å²) in [7, 11) is -3.99. The van der Waals surface area contributed by atoms with Crippen molar-refractivity contribution in [1.29, 1.82) is 0 Å². The van der Waals surface area contributed by atoms with E-state index in [-0.39, 0.29) is 16.6 Å². The number of nitrogens with one attached hydrogen (secondary N) is 2. The molecular formula is C16H16N6O2S. The molecule has 0 bridgehead atoms. The van der Waals surface area contributed by atoms with Crippen molar-refractivity contribution in [1.82, 2.24) is 25.9 Å². The van der Waals surface area contributed by atoms with Crippen molar-refractivity contribution in [3.63, 3.8) is 0 Å². The van der Waals surface area contributed by atoms with Gasteiger partial charge in [-0.15, -0.1) is 10.2 Å². The van der Waals surface area contributed by atoms with Gasteiger partial charge in [-0.25, -0.2) is 13.6 Å². The van der Waals surface area contributed by atoms with Gasteiger partial charge in [0.05, 0.1) is 10.5 Å². The first-order chi connectivity index (χ1) is 12.1. The van der Waals surface area contributed by atoms with Crippen LogP contribution in [-0.2, 0) is 10.0 Å². The summed E-state index contributed by atoms with van der Waals surface area (Å²) in [5.41, 5.74) is 2.61. The smallest absolute Gasteiger partial charge is 0.239 e. The van der Waals surface area contributed by atoms with E-state index in [1.54, 1.807) is 0 Å². The zero-order valence-corrected chi connectivity index (χ0v) is 14.0. The maximum absolute atomic E-state index is 12.5. The Balaban J connectivity index is 2.07. The standard InChI is InChI=1S/C16H16N6O2S/c17-25(23,24)15-13(11-8-18-9-11)7-6-12(10-4-2-1-3-5-10)14(15)16-19-21-22-20-16/h1-7,11,18H,8-9H2,(H2,17,23,24)(H,19,20,21,22). The molecule has 0 unspecified atom stereocenters. The first kappa shape index (κ1) is 15.9. The second-order valence-electron chi connectivity index (χ2n) is 5.91. The topological polar surface area (TPSA) is 127 Å². The number of aromatic nitrogens is 4. The Kier molecular flexibility index (Phi) is 3.83. The minimum atomic E-state index is -3.99. The Morgan fingerprint density at radius 2 is 1.84 bits per heavy atom. The van der Waals surface area contributed by atoms with Crippen LogP contribution in [0, 0.1) is 0 Å². The monoisotopic (exact) mass is 356 g/mol. The van der Waals surface area contributed by atoms with E-state index in [9.17, 15) is 8.42 Å². The van der Waals surface area contributed by atoms with E-state index in [0.29, 0.717) is 29.8 Å². The van der Waals surface area contributed by atoms with Gasteiger partial charge in [0.25, 0.3) is 0 Å². The van der Waals surface area contributed by atoms with Gasteiger partial charge in [-0.2, -0.15) is 5.21 Å². The molecule has 0 saturated carbocycles. The van der Waals surface area contributed by atoms with Gasteiger partial charge in [-0.3, -0.25) is 0 Å². The van der Waals surface area contributed by atoms with Crippen LogP contribution in [0.15, 0.2) is 47.4 Å². The van der Waals surface area contributed by atoms with Crippen LogP contribution < -0.4 is 10.5 Å². The highest BCUT2D eigenvalue weighted by Crippen LogP contribution is 2.39. The van der Waals surface area contributed by atoms with E-state index >= 15 is 0 Å². The Hall–Kier alpha value is -2.62. The normalized spacial score (nSPS) is 15.1. The number of hydrogen-bond acceptors (Lipinski definition) is 6. The Labute approximate surface area is 144 Å². The number of H-pyrrole nitrogens is 1. The van der Waals surface area contributed by atoms with Crippen molar-refractivity contribution in [3.8, 4) is 22.5 Å². The van der Waals surface area contributed by atoms with Gasteiger partial charge in [0.2, 0.25) is 15.8 Å². The summed E-state index contributed by atoms with van der Waals surface area (Å²) < 4.78 is 24.9. The minimum absolute atomic E-state index is 0.0711. The van der Waals surface area contributed by atoms with Crippen molar-refractivity contribution >= 4 is 10.0 Å². The zero-order valence-electron chi connectivity index (χ0n) is 13.2. The number of aromatic amines is 1. The third kappa shape index (κ3) is 2.82. The van der Waals surface area contributed by atoms with Crippen molar-refractivity contribution < 1.29 is 8.42 Å². The Morgan fingerprint density at radius 3 is 2.40 bits per heavy atom. The first-order valence-electron chi connectivity index (χ1n) is 7.75. The molecule has 4 N–H and O–H groups in total. The predicted molar refractivity (Wildman–Crippen MR) is 92.0 cm³/mol. The summed E-state index contributed by atoms with van der Waals surface area (Å²) in [4.78, 5) is 0.0711. The lowest BCUT2D eigenvalue weighted by Gasteiger charge is -2.30. The van der Waals surface area contributed by atoms with Crippen molar-refractivity contribution in [2.24, 2.45) is 5.14 Å². The van der Waals surface area contributed by atoms with E-state index in [0.717, 1.165) is 5.56 Å². The van der Waals surface area contributed by atoms with Crippen LogP contribution in [0.2, 0.25) is 0 Å². The van der Waals surface area contributed by atoms with Crippen molar-refractivity contribution in [2.75, 3.05) is 13.1 Å². The molecule has 0 radical (unpaired) electrons. The average Bonchev–Trinajstić information content (AvgIpc) is 3.06. The van der Waals surface area contributed by atoms with E-state index in [2.05, 4.69) is 25.9 Å². The first-order valence-corrected chi connectivity index (χ1v) is 9.30. The number of sulfonamides is 1. The van der Waals surface area contributed by atoms with Crippen LogP contribution >= 0.6 is 0 Å². The van der Waals surface area contributed by atoms with Crippen LogP contribution in [0.25, 0.3) is 22.5 Å². The summed E-state index contributed by atoms with van der Waals surface area (Å²) in [5, 5.41) is 22.7. The van der Waals surface area contributed by atoms with Crippen LogP contribution in [-0.4, -0.2) is 42.1 Å². The fraction of sp³-hybridized carbons (Fsp3) is 0.188. The minimum Gasteiger partial charge on any atom is -0.315 e. The number of nitrogens with zero attached hydrogens (tertiary/aromatic N) is 3. The molecule has 0 amide bonds.